The van der Waals surface area contributed by atoms with Crippen molar-refractivity contribution in [3.05, 3.63) is 82.2 Å². The second kappa shape index (κ2) is 8.70. The van der Waals surface area contributed by atoms with Crippen LogP contribution in [-0.4, -0.2) is 31.9 Å². The lowest BCUT2D eigenvalue weighted by Gasteiger charge is -2.14. The quantitative estimate of drug-likeness (QED) is 0.428. The predicted octanol–water partition coefficient (Wildman–Crippen LogP) is 3.78. The van der Waals surface area contributed by atoms with E-state index in [1.54, 1.807) is 30.1 Å². The van der Waals surface area contributed by atoms with Crippen LogP contribution in [0.15, 0.2) is 53.8 Å². The molecular weight excluding hydrogens is 418 g/mol. The van der Waals surface area contributed by atoms with Crippen LogP contribution in [0.25, 0.3) is 22.0 Å². The minimum atomic E-state index is -0.914. The Hall–Kier alpha value is -3.88. The summed E-state index contributed by atoms with van der Waals surface area (Å²) in [5.74, 6) is -2.59. The molecule has 164 valence electrons. The first kappa shape index (κ1) is 21.4. The molecule has 3 heterocycles. The van der Waals surface area contributed by atoms with Gasteiger partial charge in [-0.25, -0.2) is 13.6 Å². The summed E-state index contributed by atoms with van der Waals surface area (Å²) >= 11 is 0. The van der Waals surface area contributed by atoms with Crippen LogP contribution in [-0.2, 0) is 17.8 Å². The van der Waals surface area contributed by atoms with Crippen molar-refractivity contribution in [1.29, 1.82) is 0 Å². The summed E-state index contributed by atoms with van der Waals surface area (Å²) in [5.41, 5.74) is 0.758. The van der Waals surface area contributed by atoms with Gasteiger partial charge in [0.15, 0.2) is 0 Å². The summed E-state index contributed by atoms with van der Waals surface area (Å²) in [6.07, 6.45) is 6.47. The number of hydrogen-bond acceptors (Lipinski definition) is 5. The Morgan fingerprint density at radius 2 is 1.81 bits per heavy atom. The molecule has 32 heavy (non-hydrogen) atoms. The van der Waals surface area contributed by atoms with Gasteiger partial charge in [-0.15, -0.1) is 0 Å². The van der Waals surface area contributed by atoms with Gasteiger partial charge in [0.25, 0.3) is 0 Å². The van der Waals surface area contributed by atoms with E-state index in [9.17, 15) is 18.4 Å². The molecule has 0 saturated heterocycles. The molecule has 0 radical (unpaired) electrons. The van der Waals surface area contributed by atoms with Crippen molar-refractivity contribution in [2.24, 2.45) is 0 Å². The van der Waals surface area contributed by atoms with E-state index in [0.29, 0.717) is 5.69 Å². The summed E-state index contributed by atoms with van der Waals surface area (Å²) in [5, 5.41) is 3.74. The van der Waals surface area contributed by atoms with E-state index in [1.807, 2.05) is 19.2 Å². The molecule has 0 saturated carbocycles. The highest BCUT2D eigenvalue weighted by Crippen LogP contribution is 2.22. The largest absolute Gasteiger partial charge is 0.462 e. The van der Waals surface area contributed by atoms with Crippen molar-refractivity contribution in [2.75, 3.05) is 6.61 Å². The minimum Gasteiger partial charge on any atom is -0.462 e. The Labute approximate surface area is 181 Å². The summed E-state index contributed by atoms with van der Waals surface area (Å²) in [6.45, 7) is 4.38. The molecule has 1 aromatic carbocycles. The van der Waals surface area contributed by atoms with E-state index in [4.69, 9.17) is 4.74 Å². The highest BCUT2D eigenvalue weighted by atomic mass is 19.1. The number of rotatable bonds is 6. The average Bonchev–Trinajstić information content (AvgIpc) is 3.27. The van der Waals surface area contributed by atoms with Crippen molar-refractivity contribution >= 4 is 16.9 Å². The molecule has 0 N–H and O–H groups in total. The van der Waals surface area contributed by atoms with Crippen molar-refractivity contribution in [3.8, 4) is 11.1 Å². The zero-order valence-electron chi connectivity index (χ0n) is 17.5. The fourth-order valence-corrected chi connectivity index (χ4v) is 3.48. The number of aromatic nitrogens is 4. The maximum atomic E-state index is 14.6. The molecular formula is C23H20F2N4O3. The van der Waals surface area contributed by atoms with Crippen LogP contribution in [0, 0.1) is 11.6 Å². The Balaban J connectivity index is 1.78. The molecule has 7 nitrogen and oxygen atoms in total. The van der Waals surface area contributed by atoms with Gasteiger partial charge in [-0.2, -0.15) is 5.10 Å². The molecule has 4 aromatic rings. The Kier molecular flexibility index (Phi) is 5.81. The Morgan fingerprint density at radius 1 is 1.03 bits per heavy atom. The van der Waals surface area contributed by atoms with Crippen LogP contribution in [0.4, 0.5) is 8.78 Å². The Bertz CT molecular complexity index is 1360. The molecule has 0 atom stereocenters. The zero-order chi connectivity index (χ0) is 22.8. The Morgan fingerprint density at radius 3 is 2.47 bits per heavy atom. The summed E-state index contributed by atoms with van der Waals surface area (Å²) in [4.78, 5) is 29.4. The van der Waals surface area contributed by atoms with Crippen molar-refractivity contribution in [3.63, 3.8) is 0 Å². The van der Waals surface area contributed by atoms with Gasteiger partial charge in [0, 0.05) is 36.3 Å². The first-order valence-electron chi connectivity index (χ1n) is 10.1. The molecule has 3 aromatic heterocycles. The maximum absolute atomic E-state index is 14.6. The SMILES string of the molecule is CCOC(=O)c1cn(Cc2ccc(-c3cnn(CC)c3)cn2)c2c(F)ccc(F)c2c1=O. The van der Waals surface area contributed by atoms with Crippen molar-refractivity contribution in [2.45, 2.75) is 26.9 Å². The van der Waals surface area contributed by atoms with Gasteiger partial charge < -0.3 is 9.30 Å². The maximum Gasteiger partial charge on any atom is 0.343 e. The van der Waals surface area contributed by atoms with E-state index >= 15 is 0 Å². The number of aryl methyl sites for hydroxylation is 1. The molecule has 0 aliphatic carbocycles. The number of esters is 1. The number of hydrogen-bond donors (Lipinski definition) is 0. The number of nitrogens with zero attached hydrogens (tertiary/aromatic N) is 4. The van der Waals surface area contributed by atoms with Gasteiger partial charge in [-0.1, -0.05) is 6.07 Å². The van der Waals surface area contributed by atoms with Crippen molar-refractivity contribution < 1.29 is 18.3 Å². The van der Waals surface area contributed by atoms with Crippen LogP contribution < -0.4 is 5.43 Å². The number of pyridine rings is 2. The molecule has 0 fully saturated rings. The number of fused-ring (bicyclic) bond motifs is 1. The molecule has 0 spiro atoms. The van der Waals surface area contributed by atoms with Gasteiger partial charge in [0.2, 0.25) is 5.43 Å². The van der Waals surface area contributed by atoms with Crippen LogP contribution in [0.5, 0.6) is 0 Å². The number of halogens is 2. The number of carbonyl (C=O) groups is 1. The summed E-state index contributed by atoms with van der Waals surface area (Å²) in [6, 6.07) is 5.39. The lowest BCUT2D eigenvalue weighted by atomic mass is 10.1. The second-order valence-electron chi connectivity index (χ2n) is 7.10. The van der Waals surface area contributed by atoms with Crippen LogP contribution in [0.2, 0.25) is 0 Å². The monoisotopic (exact) mass is 438 g/mol. The number of carbonyl (C=O) groups excluding carboxylic acids is 1. The van der Waals surface area contributed by atoms with Crippen LogP contribution in [0.1, 0.15) is 29.9 Å². The van der Waals surface area contributed by atoms with Gasteiger partial charge in [0.05, 0.1) is 35.9 Å². The summed E-state index contributed by atoms with van der Waals surface area (Å²) in [7, 11) is 0. The molecule has 0 unspecified atom stereocenters. The second-order valence-corrected chi connectivity index (χ2v) is 7.10. The third-order valence-corrected chi connectivity index (χ3v) is 5.06. The van der Waals surface area contributed by atoms with Gasteiger partial charge in [0.1, 0.15) is 17.2 Å². The third kappa shape index (κ3) is 3.89. The first-order valence-corrected chi connectivity index (χ1v) is 10.1. The number of benzene rings is 1. The molecule has 4 rings (SSSR count). The van der Waals surface area contributed by atoms with Crippen LogP contribution in [0.3, 0.4) is 0 Å². The van der Waals surface area contributed by atoms with Gasteiger partial charge in [-0.05, 0) is 32.0 Å². The van der Waals surface area contributed by atoms with Crippen molar-refractivity contribution in [1.82, 2.24) is 19.3 Å². The van der Waals surface area contributed by atoms with E-state index < -0.39 is 28.4 Å². The first-order chi connectivity index (χ1) is 15.4. The highest BCUT2D eigenvalue weighted by Gasteiger charge is 2.21. The standard InChI is InChI=1S/C23H20F2N4O3/c1-3-29-11-15(10-27-29)14-5-6-16(26-9-14)12-28-13-17(23(31)32-4-2)22(30)20-18(24)7-8-19(25)21(20)28/h5-11,13H,3-4,12H2,1-2H3. The van der Waals surface area contributed by atoms with E-state index in [1.165, 1.54) is 10.8 Å². The van der Waals surface area contributed by atoms with E-state index in [-0.39, 0.29) is 24.2 Å². The minimum absolute atomic E-state index is 0.0120. The normalized spacial score (nSPS) is 11.1. The fourth-order valence-electron chi connectivity index (χ4n) is 3.48. The molecule has 0 bridgehead atoms. The zero-order valence-corrected chi connectivity index (χ0v) is 17.5. The van der Waals surface area contributed by atoms with Crippen LogP contribution >= 0.6 is 0 Å². The third-order valence-electron chi connectivity index (χ3n) is 5.06. The van der Waals surface area contributed by atoms with E-state index in [2.05, 4.69) is 10.1 Å². The lowest BCUT2D eigenvalue weighted by Crippen LogP contribution is -2.22. The molecule has 0 aliphatic heterocycles. The van der Waals surface area contributed by atoms with Gasteiger partial charge in [-0.3, -0.25) is 14.5 Å². The smallest absolute Gasteiger partial charge is 0.343 e. The number of ether oxygens (including phenoxy) is 1. The van der Waals surface area contributed by atoms with Gasteiger partial charge >= 0.3 is 5.97 Å². The molecule has 9 heteroatoms. The molecule has 0 aliphatic rings. The lowest BCUT2D eigenvalue weighted by molar-refractivity contribution is 0.0524. The predicted molar refractivity (Wildman–Crippen MR) is 114 cm³/mol. The fraction of sp³-hybridized carbons (Fsp3) is 0.217. The van der Waals surface area contributed by atoms with E-state index in [0.717, 1.165) is 29.8 Å². The highest BCUT2D eigenvalue weighted by molar-refractivity contribution is 5.94. The topological polar surface area (TPSA) is 79.0 Å². The summed E-state index contributed by atoms with van der Waals surface area (Å²) < 4.78 is 37.1. The molecule has 0 amide bonds. The average molecular weight is 438 g/mol.